The second-order valence-electron chi connectivity index (χ2n) is 6.37. The Morgan fingerprint density at radius 3 is 2.52 bits per heavy atom. The standard InChI is InChI=1S/C16H24N4S/c1-11-9-12(2)18-16(14(11)15(17)21)20-7-5-19(6-8-20)10-13-3-4-13/h9,13H,3-8,10H2,1-2H3,(H2,17,21). The summed E-state index contributed by atoms with van der Waals surface area (Å²) in [5.74, 6) is 1.94. The van der Waals surface area contributed by atoms with E-state index < -0.39 is 0 Å². The summed E-state index contributed by atoms with van der Waals surface area (Å²) in [5, 5.41) is 0. The molecule has 2 heterocycles. The van der Waals surface area contributed by atoms with Gasteiger partial charge in [-0.05, 0) is 44.2 Å². The number of piperazine rings is 1. The third-order valence-corrected chi connectivity index (χ3v) is 4.66. The van der Waals surface area contributed by atoms with Crippen molar-refractivity contribution in [1.82, 2.24) is 9.88 Å². The summed E-state index contributed by atoms with van der Waals surface area (Å²) in [6, 6.07) is 2.06. The summed E-state index contributed by atoms with van der Waals surface area (Å²) in [4.78, 5) is 10.1. The molecule has 1 saturated heterocycles. The van der Waals surface area contributed by atoms with Gasteiger partial charge in [0.2, 0.25) is 0 Å². The molecule has 1 aliphatic carbocycles. The summed E-state index contributed by atoms with van der Waals surface area (Å²) in [7, 11) is 0. The van der Waals surface area contributed by atoms with Crippen LogP contribution in [0.25, 0.3) is 0 Å². The molecule has 114 valence electrons. The number of hydrogen-bond donors (Lipinski definition) is 1. The Labute approximate surface area is 132 Å². The fourth-order valence-electron chi connectivity index (χ4n) is 3.16. The van der Waals surface area contributed by atoms with Gasteiger partial charge in [-0.2, -0.15) is 0 Å². The van der Waals surface area contributed by atoms with Crippen molar-refractivity contribution in [3.05, 3.63) is 22.9 Å². The number of pyridine rings is 1. The minimum atomic E-state index is 0.454. The van der Waals surface area contributed by atoms with Crippen LogP contribution in [-0.2, 0) is 0 Å². The summed E-state index contributed by atoms with van der Waals surface area (Å²) >= 11 is 5.24. The number of anilines is 1. The Morgan fingerprint density at radius 2 is 1.95 bits per heavy atom. The first-order valence-electron chi connectivity index (χ1n) is 7.80. The van der Waals surface area contributed by atoms with Crippen molar-refractivity contribution in [3.63, 3.8) is 0 Å². The third-order valence-electron chi connectivity index (χ3n) is 4.46. The Hall–Kier alpha value is -1.20. The lowest BCUT2D eigenvalue weighted by Crippen LogP contribution is -2.47. The Morgan fingerprint density at radius 1 is 1.29 bits per heavy atom. The van der Waals surface area contributed by atoms with Gasteiger partial charge in [-0.3, -0.25) is 4.90 Å². The van der Waals surface area contributed by atoms with Gasteiger partial charge >= 0.3 is 0 Å². The van der Waals surface area contributed by atoms with Crippen molar-refractivity contribution < 1.29 is 0 Å². The maximum atomic E-state index is 5.93. The van der Waals surface area contributed by atoms with Gasteiger partial charge in [0.15, 0.2) is 0 Å². The van der Waals surface area contributed by atoms with Crippen LogP contribution >= 0.6 is 12.2 Å². The van der Waals surface area contributed by atoms with E-state index in [9.17, 15) is 0 Å². The van der Waals surface area contributed by atoms with Gasteiger partial charge in [0.1, 0.15) is 10.8 Å². The van der Waals surface area contributed by atoms with E-state index in [0.717, 1.165) is 54.7 Å². The fraction of sp³-hybridized carbons (Fsp3) is 0.625. The van der Waals surface area contributed by atoms with Gasteiger partial charge < -0.3 is 10.6 Å². The number of aryl methyl sites for hydroxylation is 2. The molecular weight excluding hydrogens is 280 g/mol. The molecule has 1 aromatic rings. The number of hydrogen-bond acceptors (Lipinski definition) is 4. The van der Waals surface area contributed by atoms with Crippen LogP contribution in [0.5, 0.6) is 0 Å². The number of nitrogens with two attached hydrogens (primary N) is 1. The Bertz CT molecular complexity index is 545. The summed E-state index contributed by atoms with van der Waals surface area (Å²) < 4.78 is 0. The molecule has 21 heavy (non-hydrogen) atoms. The summed E-state index contributed by atoms with van der Waals surface area (Å²) in [6.07, 6.45) is 2.84. The molecule has 5 heteroatoms. The normalized spacial score (nSPS) is 19.8. The largest absolute Gasteiger partial charge is 0.389 e. The van der Waals surface area contributed by atoms with Gasteiger partial charge in [-0.15, -0.1) is 0 Å². The van der Waals surface area contributed by atoms with E-state index in [0.29, 0.717) is 4.99 Å². The lowest BCUT2D eigenvalue weighted by Gasteiger charge is -2.36. The Balaban J connectivity index is 1.76. The minimum Gasteiger partial charge on any atom is -0.389 e. The highest BCUT2D eigenvalue weighted by Crippen LogP contribution is 2.30. The predicted octanol–water partition coefficient (Wildman–Crippen LogP) is 1.86. The molecular formula is C16H24N4S. The lowest BCUT2D eigenvalue weighted by atomic mass is 10.1. The molecule has 0 atom stereocenters. The maximum absolute atomic E-state index is 5.93. The number of thiocarbonyl (C=S) groups is 1. The van der Waals surface area contributed by atoms with Crippen molar-refractivity contribution in [1.29, 1.82) is 0 Å². The highest BCUT2D eigenvalue weighted by molar-refractivity contribution is 7.80. The van der Waals surface area contributed by atoms with Crippen molar-refractivity contribution in [2.75, 3.05) is 37.6 Å². The van der Waals surface area contributed by atoms with E-state index in [1.165, 1.54) is 19.4 Å². The van der Waals surface area contributed by atoms with Crippen LogP contribution in [-0.4, -0.2) is 47.6 Å². The number of rotatable bonds is 4. The zero-order chi connectivity index (χ0) is 15.0. The smallest absolute Gasteiger partial charge is 0.139 e. The van der Waals surface area contributed by atoms with E-state index in [-0.39, 0.29) is 0 Å². The van der Waals surface area contributed by atoms with E-state index in [4.69, 9.17) is 22.9 Å². The summed E-state index contributed by atoms with van der Waals surface area (Å²) in [6.45, 7) is 9.62. The molecule has 2 aliphatic rings. The second kappa shape index (κ2) is 5.89. The molecule has 0 spiro atoms. The predicted molar refractivity (Wildman–Crippen MR) is 91.0 cm³/mol. The van der Waals surface area contributed by atoms with E-state index >= 15 is 0 Å². The van der Waals surface area contributed by atoms with Crippen LogP contribution in [0.3, 0.4) is 0 Å². The molecule has 4 nitrogen and oxygen atoms in total. The molecule has 1 aliphatic heterocycles. The molecule has 3 rings (SSSR count). The molecule has 1 aromatic heterocycles. The van der Waals surface area contributed by atoms with Crippen LogP contribution in [0.1, 0.15) is 29.7 Å². The van der Waals surface area contributed by atoms with E-state index in [2.05, 4.69) is 22.8 Å². The van der Waals surface area contributed by atoms with Gasteiger partial charge in [0.25, 0.3) is 0 Å². The first-order chi connectivity index (χ1) is 10.0. The average Bonchev–Trinajstić information content (AvgIpc) is 3.22. The highest BCUT2D eigenvalue weighted by Gasteiger charge is 2.27. The van der Waals surface area contributed by atoms with Gasteiger partial charge in [0, 0.05) is 38.4 Å². The zero-order valence-corrected chi connectivity index (χ0v) is 13.7. The topological polar surface area (TPSA) is 45.4 Å². The number of nitrogens with zero attached hydrogens (tertiary/aromatic N) is 3. The second-order valence-corrected chi connectivity index (χ2v) is 6.81. The average molecular weight is 304 g/mol. The molecule has 2 N–H and O–H groups in total. The van der Waals surface area contributed by atoms with Crippen molar-refractivity contribution in [3.8, 4) is 0 Å². The monoisotopic (exact) mass is 304 g/mol. The molecule has 0 unspecified atom stereocenters. The van der Waals surface area contributed by atoms with E-state index in [1.807, 2.05) is 6.92 Å². The van der Waals surface area contributed by atoms with Crippen molar-refractivity contribution in [2.45, 2.75) is 26.7 Å². The quantitative estimate of drug-likeness (QED) is 0.860. The van der Waals surface area contributed by atoms with Crippen molar-refractivity contribution >= 4 is 23.0 Å². The van der Waals surface area contributed by atoms with Crippen LogP contribution in [0.2, 0.25) is 0 Å². The molecule has 0 amide bonds. The maximum Gasteiger partial charge on any atom is 0.139 e. The Kier molecular flexibility index (Phi) is 4.13. The van der Waals surface area contributed by atoms with Gasteiger partial charge in [0.05, 0.1) is 5.56 Å². The third kappa shape index (κ3) is 3.35. The molecule has 0 bridgehead atoms. The molecule has 0 aromatic carbocycles. The van der Waals surface area contributed by atoms with E-state index in [1.54, 1.807) is 0 Å². The van der Waals surface area contributed by atoms with Crippen molar-refractivity contribution in [2.24, 2.45) is 11.7 Å². The zero-order valence-electron chi connectivity index (χ0n) is 12.9. The molecule has 2 fully saturated rings. The van der Waals surface area contributed by atoms with Crippen LogP contribution in [0, 0.1) is 19.8 Å². The summed E-state index contributed by atoms with van der Waals surface area (Å²) in [5.41, 5.74) is 9.04. The molecule has 1 saturated carbocycles. The minimum absolute atomic E-state index is 0.454. The SMILES string of the molecule is Cc1cc(C)c(C(N)=S)c(N2CCN(CC3CC3)CC2)n1. The van der Waals surface area contributed by atoms with Crippen LogP contribution in [0.4, 0.5) is 5.82 Å². The van der Waals surface area contributed by atoms with Crippen LogP contribution in [0.15, 0.2) is 6.07 Å². The lowest BCUT2D eigenvalue weighted by molar-refractivity contribution is 0.247. The highest BCUT2D eigenvalue weighted by atomic mass is 32.1. The van der Waals surface area contributed by atoms with Crippen LogP contribution < -0.4 is 10.6 Å². The first-order valence-corrected chi connectivity index (χ1v) is 8.21. The fourth-order valence-corrected chi connectivity index (χ4v) is 3.41. The van der Waals surface area contributed by atoms with Gasteiger partial charge in [-0.25, -0.2) is 4.98 Å². The van der Waals surface area contributed by atoms with Gasteiger partial charge in [-0.1, -0.05) is 12.2 Å². The number of aromatic nitrogens is 1. The molecule has 0 radical (unpaired) electrons. The first kappa shape index (κ1) is 14.7.